The predicted molar refractivity (Wildman–Crippen MR) is 105 cm³/mol. The average molecular weight is 369 g/mol. The molecule has 7 nitrogen and oxygen atoms in total. The van der Waals surface area contributed by atoms with E-state index in [0.29, 0.717) is 19.1 Å². The van der Waals surface area contributed by atoms with Crippen molar-refractivity contribution in [3.63, 3.8) is 0 Å². The summed E-state index contributed by atoms with van der Waals surface area (Å²) in [7, 11) is 1.95. The molecule has 2 aromatic rings. The first kappa shape index (κ1) is 16.7. The number of nitrogens with zero attached hydrogens (tertiary/aromatic N) is 4. The Morgan fingerprint density at radius 3 is 2.67 bits per heavy atom. The molecule has 0 radical (unpaired) electrons. The van der Waals surface area contributed by atoms with Crippen molar-refractivity contribution in [2.45, 2.75) is 25.3 Å². The zero-order chi connectivity index (χ0) is 18.4. The van der Waals surface area contributed by atoms with Crippen LogP contribution in [0, 0.1) is 0 Å². The third kappa shape index (κ3) is 3.10. The van der Waals surface area contributed by atoms with Crippen LogP contribution in [0.2, 0.25) is 0 Å². The lowest BCUT2D eigenvalue weighted by atomic mass is 10.1. The molecule has 1 aromatic carbocycles. The first-order chi connectivity index (χ1) is 13.2. The van der Waals surface area contributed by atoms with Crippen LogP contribution in [0.3, 0.4) is 0 Å². The molecule has 1 saturated carbocycles. The molecule has 2 fully saturated rings. The summed E-state index contributed by atoms with van der Waals surface area (Å²) < 4.78 is 13.5. The number of aryl methyl sites for hydroxylation is 1. The topological polar surface area (TPSA) is 68.8 Å². The molecule has 2 N–H and O–H groups in total. The van der Waals surface area contributed by atoms with Gasteiger partial charge in [-0.1, -0.05) is 6.07 Å². The Hall–Kier alpha value is -2.41. The van der Waals surface area contributed by atoms with Crippen LogP contribution in [-0.2, 0) is 13.6 Å². The quantitative estimate of drug-likeness (QED) is 0.889. The van der Waals surface area contributed by atoms with E-state index >= 15 is 0 Å². The molecule has 0 amide bonds. The number of ether oxygens (including phenoxy) is 2. The van der Waals surface area contributed by atoms with Crippen molar-refractivity contribution in [1.29, 1.82) is 0 Å². The van der Waals surface area contributed by atoms with Crippen molar-refractivity contribution >= 4 is 11.5 Å². The summed E-state index contributed by atoms with van der Waals surface area (Å²) in [6.07, 6.45) is 2.50. The van der Waals surface area contributed by atoms with Gasteiger partial charge in [0.2, 0.25) is 0 Å². The van der Waals surface area contributed by atoms with E-state index in [4.69, 9.17) is 15.2 Å². The van der Waals surface area contributed by atoms with E-state index in [9.17, 15) is 0 Å². The molecular weight excluding hydrogens is 342 g/mol. The van der Waals surface area contributed by atoms with Crippen LogP contribution in [0.4, 0.5) is 11.5 Å². The van der Waals surface area contributed by atoms with E-state index in [1.165, 1.54) is 24.1 Å². The molecule has 2 aliphatic heterocycles. The Kier molecular flexibility index (Phi) is 4.11. The van der Waals surface area contributed by atoms with Gasteiger partial charge in [-0.15, -0.1) is 0 Å². The SMILES string of the molecule is Cn1nc(C2CC2)c(CN2CCN(c3cccc4c3OCCO4)CC2)c1N. The number of nitrogen functional groups attached to an aromatic ring is 1. The number of nitrogens with two attached hydrogens (primary N) is 1. The van der Waals surface area contributed by atoms with Crippen LogP contribution in [0.25, 0.3) is 0 Å². The Morgan fingerprint density at radius 1 is 1.11 bits per heavy atom. The van der Waals surface area contributed by atoms with Gasteiger partial charge < -0.3 is 20.1 Å². The molecule has 1 aliphatic carbocycles. The van der Waals surface area contributed by atoms with Gasteiger partial charge in [-0.05, 0) is 25.0 Å². The van der Waals surface area contributed by atoms with E-state index in [-0.39, 0.29) is 0 Å². The summed E-state index contributed by atoms with van der Waals surface area (Å²) >= 11 is 0. The number of piperazine rings is 1. The van der Waals surface area contributed by atoms with Crippen LogP contribution in [-0.4, -0.2) is 54.1 Å². The van der Waals surface area contributed by atoms with E-state index in [1.54, 1.807) is 0 Å². The molecule has 0 spiro atoms. The lowest BCUT2D eigenvalue weighted by molar-refractivity contribution is 0.171. The van der Waals surface area contributed by atoms with E-state index in [1.807, 2.05) is 23.9 Å². The Labute approximate surface area is 159 Å². The molecule has 3 aliphatic rings. The number of para-hydroxylation sites is 1. The Morgan fingerprint density at radius 2 is 1.89 bits per heavy atom. The van der Waals surface area contributed by atoms with Gasteiger partial charge >= 0.3 is 0 Å². The highest BCUT2D eigenvalue weighted by molar-refractivity contribution is 5.65. The normalized spacial score (nSPS) is 20.1. The minimum Gasteiger partial charge on any atom is -0.486 e. The summed E-state index contributed by atoms with van der Waals surface area (Å²) in [5.74, 6) is 3.20. The second-order valence-electron chi connectivity index (χ2n) is 7.71. The first-order valence-corrected chi connectivity index (χ1v) is 9.88. The molecule has 0 unspecified atom stereocenters. The number of aromatic nitrogens is 2. The second-order valence-corrected chi connectivity index (χ2v) is 7.71. The smallest absolute Gasteiger partial charge is 0.184 e. The maximum atomic E-state index is 6.31. The number of anilines is 2. The van der Waals surface area contributed by atoms with Crippen LogP contribution in [0.5, 0.6) is 11.5 Å². The summed E-state index contributed by atoms with van der Waals surface area (Å²) in [6.45, 7) is 6.09. The highest BCUT2D eigenvalue weighted by atomic mass is 16.6. The van der Waals surface area contributed by atoms with Crippen molar-refractivity contribution in [2.24, 2.45) is 7.05 Å². The minimum absolute atomic E-state index is 0.619. The zero-order valence-corrected chi connectivity index (χ0v) is 15.9. The third-order valence-corrected chi connectivity index (χ3v) is 5.83. The van der Waals surface area contributed by atoms with E-state index < -0.39 is 0 Å². The summed E-state index contributed by atoms with van der Waals surface area (Å²) in [5.41, 5.74) is 9.92. The molecule has 0 atom stereocenters. The van der Waals surface area contributed by atoms with Gasteiger partial charge in [0.05, 0.1) is 11.4 Å². The fourth-order valence-corrected chi connectivity index (χ4v) is 4.13. The van der Waals surface area contributed by atoms with Crippen molar-refractivity contribution in [3.05, 3.63) is 29.5 Å². The molecule has 3 heterocycles. The standard InChI is InChI=1S/C20H27N5O2/c1-23-20(21)15(18(22-23)14-5-6-14)13-24-7-9-25(10-8-24)16-3-2-4-17-19(16)27-12-11-26-17/h2-4,14H,5-13,21H2,1H3. The average Bonchev–Trinajstić information content (AvgIpc) is 3.51. The largest absolute Gasteiger partial charge is 0.486 e. The first-order valence-electron chi connectivity index (χ1n) is 9.88. The molecule has 7 heteroatoms. The fraction of sp³-hybridized carbons (Fsp3) is 0.550. The summed E-state index contributed by atoms with van der Waals surface area (Å²) in [4.78, 5) is 4.89. The molecule has 1 aromatic heterocycles. The third-order valence-electron chi connectivity index (χ3n) is 5.83. The van der Waals surface area contributed by atoms with Crippen LogP contribution >= 0.6 is 0 Å². The number of rotatable bonds is 4. The molecule has 5 rings (SSSR count). The lowest BCUT2D eigenvalue weighted by Gasteiger charge is -2.37. The lowest BCUT2D eigenvalue weighted by Crippen LogP contribution is -2.46. The molecular formula is C20H27N5O2. The van der Waals surface area contributed by atoms with Gasteiger partial charge in [0.1, 0.15) is 19.0 Å². The highest BCUT2D eigenvalue weighted by Crippen LogP contribution is 2.43. The maximum Gasteiger partial charge on any atom is 0.184 e. The van der Waals surface area contributed by atoms with Crippen molar-refractivity contribution in [2.75, 3.05) is 50.0 Å². The Balaban J connectivity index is 1.28. The fourth-order valence-electron chi connectivity index (χ4n) is 4.13. The van der Waals surface area contributed by atoms with Gasteiger partial charge in [0, 0.05) is 51.3 Å². The summed E-state index contributed by atoms with van der Waals surface area (Å²) in [5, 5.41) is 4.67. The van der Waals surface area contributed by atoms with Gasteiger partial charge in [0.25, 0.3) is 0 Å². The minimum atomic E-state index is 0.619. The Bertz CT molecular complexity index is 837. The van der Waals surface area contributed by atoms with Crippen molar-refractivity contribution in [1.82, 2.24) is 14.7 Å². The molecule has 1 saturated heterocycles. The van der Waals surface area contributed by atoms with Crippen LogP contribution in [0.15, 0.2) is 18.2 Å². The van der Waals surface area contributed by atoms with Crippen molar-refractivity contribution < 1.29 is 9.47 Å². The second kappa shape index (κ2) is 6.64. The zero-order valence-electron chi connectivity index (χ0n) is 15.9. The molecule has 144 valence electrons. The van der Waals surface area contributed by atoms with Crippen LogP contribution in [0.1, 0.15) is 30.0 Å². The van der Waals surface area contributed by atoms with Gasteiger partial charge in [-0.3, -0.25) is 9.58 Å². The molecule has 27 heavy (non-hydrogen) atoms. The van der Waals surface area contributed by atoms with Gasteiger partial charge in [0.15, 0.2) is 11.5 Å². The number of hydrogen-bond acceptors (Lipinski definition) is 6. The highest BCUT2D eigenvalue weighted by Gasteiger charge is 2.32. The van der Waals surface area contributed by atoms with Crippen molar-refractivity contribution in [3.8, 4) is 11.5 Å². The van der Waals surface area contributed by atoms with Crippen LogP contribution < -0.4 is 20.1 Å². The van der Waals surface area contributed by atoms with Gasteiger partial charge in [-0.25, -0.2) is 0 Å². The summed E-state index contributed by atoms with van der Waals surface area (Å²) in [6, 6.07) is 6.17. The van der Waals surface area contributed by atoms with E-state index in [0.717, 1.165) is 55.7 Å². The molecule has 0 bridgehead atoms. The predicted octanol–water partition coefficient (Wildman–Crippen LogP) is 1.97. The number of hydrogen-bond donors (Lipinski definition) is 1. The number of benzene rings is 1. The van der Waals surface area contributed by atoms with Gasteiger partial charge in [-0.2, -0.15) is 5.10 Å². The number of fused-ring (bicyclic) bond motifs is 1. The maximum absolute atomic E-state index is 6.31. The van der Waals surface area contributed by atoms with E-state index in [2.05, 4.69) is 21.0 Å². The monoisotopic (exact) mass is 369 g/mol.